The predicted octanol–water partition coefficient (Wildman–Crippen LogP) is 3.94. The topological polar surface area (TPSA) is 43.8 Å². The van der Waals surface area contributed by atoms with Gasteiger partial charge in [-0.3, -0.25) is 0 Å². The van der Waals surface area contributed by atoms with Gasteiger partial charge < -0.3 is 10.3 Å². The Labute approximate surface area is 126 Å². The Morgan fingerprint density at radius 3 is 2.40 bits per heavy atom. The number of benzene rings is 2. The van der Waals surface area contributed by atoms with Crippen LogP contribution in [0.1, 0.15) is 5.56 Å². The van der Waals surface area contributed by atoms with Crippen LogP contribution in [0.3, 0.4) is 0 Å². The maximum Gasteiger partial charge on any atom is 0.140 e. The molecule has 0 atom stereocenters. The van der Waals surface area contributed by atoms with Crippen molar-refractivity contribution in [1.82, 2.24) is 9.55 Å². The lowest BCUT2D eigenvalue weighted by Crippen LogP contribution is -2.01. The summed E-state index contributed by atoms with van der Waals surface area (Å²) in [5, 5.41) is 0. The summed E-state index contributed by atoms with van der Waals surface area (Å²) in [6.07, 6.45) is 3.82. The van der Waals surface area contributed by atoms with E-state index in [1.165, 1.54) is 5.56 Å². The highest BCUT2D eigenvalue weighted by molar-refractivity contribution is 9.10. The van der Waals surface area contributed by atoms with Crippen LogP contribution in [0.25, 0.3) is 11.4 Å². The average molecular weight is 328 g/mol. The number of rotatable bonds is 3. The SMILES string of the molecule is Nc1ccc(Cn2ccnc2-c2ccc(Br)cc2)cc1. The molecule has 0 unspecified atom stereocenters. The number of halogens is 1. The molecule has 3 nitrogen and oxygen atoms in total. The second-order valence-corrected chi connectivity index (χ2v) is 5.54. The van der Waals surface area contributed by atoms with Crippen molar-refractivity contribution < 1.29 is 0 Å². The zero-order chi connectivity index (χ0) is 13.9. The van der Waals surface area contributed by atoms with Crippen molar-refractivity contribution in [3.05, 3.63) is 71.0 Å². The van der Waals surface area contributed by atoms with E-state index in [0.29, 0.717) is 0 Å². The summed E-state index contributed by atoms with van der Waals surface area (Å²) in [7, 11) is 0. The lowest BCUT2D eigenvalue weighted by molar-refractivity contribution is 0.807. The third-order valence-corrected chi connectivity index (χ3v) is 3.68. The fourth-order valence-corrected chi connectivity index (χ4v) is 2.38. The van der Waals surface area contributed by atoms with Crippen LogP contribution in [0.5, 0.6) is 0 Å². The van der Waals surface area contributed by atoms with Gasteiger partial charge in [-0.2, -0.15) is 0 Å². The van der Waals surface area contributed by atoms with Gasteiger partial charge in [0, 0.05) is 34.7 Å². The zero-order valence-corrected chi connectivity index (χ0v) is 12.4. The number of imidazole rings is 1. The fraction of sp³-hybridized carbons (Fsp3) is 0.0625. The van der Waals surface area contributed by atoms with Crippen LogP contribution in [-0.4, -0.2) is 9.55 Å². The van der Waals surface area contributed by atoms with E-state index in [1.54, 1.807) is 0 Å². The molecule has 0 fully saturated rings. The van der Waals surface area contributed by atoms with Crippen molar-refractivity contribution in [2.75, 3.05) is 5.73 Å². The third kappa shape index (κ3) is 2.75. The second-order valence-electron chi connectivity index (χ2n) is 4.63. The largest absolute Gasteiger partial charge is 0.399 e. The molecule has 3 aromatic rings. The Hall–Kier alpha value is -2.07. The molecule has 1 heterocycles. The van der Waals surface area contributed by atoms with E-state index >= 15 is 0 Å². The molecule has 0 amide bonds. The van der Waals surface area contributed by atoms with Crippen LogP contribution in [0.2, 0.25) is 0 Å². The molecule has 4 heteroatoms. The third-order valence-electron chi connectivity index (χ3n) is 3.15. The summed E-state index contributed by atoms with van der Waals surface area (Å²) in [6.45, 7) is 0.783. The van der Waals surface area contributed by atoms with Gasteiger partial charge in [0.15, 0.2) is 0 Å². The Balaban J connectivity index is 1.90. The minimum atomic E-state index is 0.783. The number of nitrogens with two attached hydrogens (primary N) is 1. The Morgan fingerprint density at radius 1 is 1.00 bits per heavy atom. The van der Waals surface area contributed by atoms with E-state index in [1.807, 2.05) is 48.8 Å². The minimum Gasteiger partial charge on any atom is -0.399 e. The molecular weight excluding hydrogens is 314 g/mol. The number of aromatic nitrogens is 2. The first-order valence-electron chi connectivity index (χ1n) is 6.34. The molecule has 100 valence electrons. The molecule has 20 heavy (non-hydrogen) atoms. The van der Waals surface area contributed by atoms with E-state index in [4.69, 9.17) is 5.73 Å². The summed E-state index contributed by atoms with van der Waals surface area (Å²) < 4.78 is 3.20. The van der Waals surface area contributed by atoms with Gasteiger partial charge in [0.25, 0.3) is 0 Å². The van der Waals surface area contributed by atoms with Gasteiger partial charge in [-0.05, 0) is 29.8 Å². The molecule has 3 rings (SSSR count). The van der Waals surface area contributed by atoms with E-state index in [9.17, 15) is 0 Å². The van der Waals surface area contributed by atoms with Gasteiger partial charge in [-0.15, -0.1) is 0 Å². The zero-order valence-electron chi connectivity index (χ0n) is 10.8. The molecule has 0 aliphatic heterocycles. The van der Waals surface area contributed by atoms with Crippen LogP contribution < -0.4 is 5.73 Å². The van der Waals surface area contributed by atoms with E-state index < -0.39 is 0 Å². The molecule has 2 aromatic carbocycles. The quantitative estimate of drug-likeness (QED) is 0.740. The van der Waals surface area contributed by atoms with Crippen LogP contribution in [0, 0.1) is 0 Å². The highest BCUT2D eigenvalue weighted by atomic mass is 79.9. The standard InChI is InChI=1S/C16H14BrN3/c17-14-5-3-13(4-6-14)16-19-9-10-20(16)11-12-1-7-15(18)8-2-12/h1-10H,11,18H2. The number of nitrogen functional groups attached to an aromatic ring is 1. The van der Waals surface area contributed by atoms with Gasteiger partial charge in [-0.1, -0.05) is 40.2 Å². The van der Waals surface area contributed by atoms with Gasteiger partial charge in [0.05, 0.1) is 0 Å². The first-order chi connectivity index (χ1) is 9.72. The Morgan fingerprint density at radius 2 is 1.70 bits per heavy atom. The number of hydrogen-bond donors (Lipinski definition) is 1. The minimum absolute atomic E-state index is 0.783. The van der Waals surface area contributed by atoms with E-state index in [-0.39, 0.29) is 0 Å². The molecule has 0 saturated heterocycles. The first-order valence-corrected chi connectivity index (χ1v) is 7.13. The van der Waals surface area contributed by atoms with Crippen molar-refractivity contribution in [1.29, 1.82) is 0 Å². The highest BCUT2D eigenvalue weighted by Crippen LogP contribution is 2.21. The average Bonchev–Trinajstić information content (AvgIpc) is 2.90. The molecule has 0 aliphatic rings. The highest BCUT2D eigenvalue weighted by Gasteiger charge is 2.06. The van der Waals surface area contributed by atoms with Crippen molar-refractivity contribution in [3.8, 4) is 11.4 Å². The molecule has 1 aromatic heterocycles. The maximum absolute atomic E-state index is 5.71. The number of anilines is 1. The van der Waals surface area contributed by atoms with Crippen molar-refractivity contribution in [2.24, 2.45) is 0 Å². The first kappa shape index (κ1) is 12.9. The molecule has 0 radical (unpaired) electrons. The van der Waals surface area contributed by atoms with Gasteiger partial charge in [0.2, 0.25) is 0 Å². The molecule has 0 bridgehead atoms. The van der Waals surface area contributed by atoms with E-state index in [0.717, 1.165) is 28.1 Å². The summed E-state index contributed by atoms with van der Waals surface area (Å²) in [6, 6.07) is 16.1. The molecule has 0 saturated carbocycles. The van der Waals surface area contributed by atoms with Crippen LogP contribution in [-0.2, 0) is 6.54 Å². The van der Waals surface area contributed by atoms with Crippen molar-refractivity contribution in [2.45, 2.75) is 6.54 Å². The van der Waals surface area contributed by atoms with Crippen LogP contribution in [0.15, 0.2) is 65.4 Å². The van der Waals surface area contributed by atoms with Crippen molar-refractivity contribution >= 4 is 21.6 Å². The smallest absolute Gasteiger partial charge is 0.140 e. The fourth-order valence-electron chi connectivity index (χ4n) is 2.12. The number of nitrogens with zero attached hydrogens (tertiary/aromatic N) is 2. The normalized spacial score (nSPS) is 10.7. The molecule has 0 spiro atoms. The van der Waals surface area contributed by atoms with Gasteiger partial charge in [-0.25, -0.2) is 4.98 Å². The van der Waals surface area contributed by atoms with Crippen molar-refractivity contribution in [3.63, 3.8) is 0 Å². The predicted molar refractivity (Wildman–Crippen MR) is 85.3 cm³/mol. The maximum atomic E-state index is 5.71. The van der Waals surface area contributed by atoms with Crippen LogP contribution >= 0.6 is 15.9 Å². The lowest BCUT2D eigenvalue weighted by atomic mass is 10.2. The lowest BCUT2D eigenvalue weighted by Gasteiger charge is -2.08. The second kappa shape index (κ2) is 5.51. The summed E-state index contributed by atoms with van der Waals surface area (Å²) in [5.41, 5.74) is 8.81. The van der Waals surface area contributed by atoms with Gasteiger partial charge >= 0.3 is 0 Å². The summed E-state index contributed by atoms with van der Waals surface area (Å²) in [4.78, 5) is 4.45. The summed E-state index contributed by atoms with van der Waals surface area (Å²) >= 11 is 3.45. The van der Waals surface area contributed by atoms with E-state index in [2.05, 4.69) is 37.6 Å². The van der Waals surface area contributed by atoms with Gasteiger partial charge in [0.1, 0.15) is 5.82 Å². The number of hydrogen-bond acceptors (Lipinski definition) is 2. The molecule has 2 N–H and O–H groups in total. The summed E-state index contributed by atoms with van der Waals surface area (Å²) in [5.74, 6) is 0.967. The van der Waals surface area contributed by atoms with Crippen LogP contribution in [0.4, 0.5) is 5.69 Å². The Bertz CT molecular complexity index is 699. The molecule has 0 aliphatic carbocycles. The molecular formula is C16H14BrN3. The Kier molecular flexibility index (Phi) is 3.56. The monoisotopic (exact) mass is 327 g/mol.